The highest BCUT2D eigenvalue weighted by Gasteiger charge is 2.21. The SMILES string of the molecule is COc1ccc(CC(=O)O)cc1S(=O)(=O)Nc1cccc(Cl)c1. The third kappa shape index (κ3) is 4.37. The summed E-state index contributed by atoms with van der Waals surface area (Å²) in [6.45, 7) is 0. The van der Waals surface area contributed by atoms with Gasteiger partial charge in [-0.05, 0) is 35.9 Å². The smallest absolute Gasteiger partial charge is 0.307 e. The van der Waals surface area contributed by atoms with E-state index in [-0.39, 0.29) is 17.1 Å². The standard InChI is InChI=1S/C15H14ClNO5S/c1-22-13-6-5-10(8-15(18)19)7-14(13)23(20,21)17-12-4-2-3-11(16)9-12/h2-7,9,17H,8H2,1H3,(H,18,19). The van der Waals surface area contributed by atoms with Gasteiger partial charge in [0.05, 0.1) is 19.2 Å². The summed E-state index contributed by atoms with van der Waals surface area (Å²) in [5, 5.41) is 9.23. The molecule has 0 unspecified atom stereocenters. The van der Waals surface area contributed by atoms with Crippen molar-refractivity contribution in [3.63, 3.8) is 0 Å². The van der Waals surface area contributed by atoms with Gasteiger partial charge < -0.3 is 9.84 Å². The van der Waals surface area contributed by atoms with E-state index in [2.05, 4.69) is 4.72 Å². The second-order valence-corrected chi connectivity index (χ2v) is 6.76. The Bertz CT molecular complexity index is 836. The number of sulfonamides is 1. The van der Waals surface area contributed by atoms with E-state index in [0.717, 1.165) is 0 Å². The van der Waals surface area contributed by atoms with Gasteiger partial charge in [0.15, 0.2) is 0 Å². The summed E-state index contributed by atoms with van der Waals surface area (Å²) in [6, 6.07) is 10.4. The number of carboxylic acids is 1. The summed E-state index contributed by atoms with van der Waals surface area (Å²) in [6.07, 6.45) is -0.288. The quantitative estimate of drug-likeness (QED) is 0.831. The van der Waals surface area contributed by atoms with Crippen LogP contribution in [0, 0.1) is 0 Å². The van der Waals surface area contributed by atoms with Crippen molar-refractivity contribution >= 4 is 33.3 Å². The Kier molecular flexibility index (Phi) is 5.12. The Hall–Kier alpha value is -2.25. The first-order valence-electron chi connectivity index (χ1n) is 6.49. The number of halogens is 1. The first-order chi connectivity index (χ1) is 10.8. The molecule has 0 saturated heterocycles. The largest absolute Gasteiger partial charge is 0.495 e. The number of carbonyl (C=O) groups is 1. The maximum absolute atomic E-state index is 12.5. The number of hydrogen-bond acceptors (Lipinski definition) is 4. The molecule has 0 aliphatic carbocycles. The van der Waals surface area contributed by atoms with Gasteiger partial charge in [-0.2, -0.15) is 0 Å². The normalized spacial score (nSPS) is 11.0. The molecule has 0 spiro atoms. The molecule has 0 radical (unpaired) electrons. The maximum Gasteiger partial charge on any atom is 0.307 e. The van der Waals surface area contributed by atoms with Crippen LogP contribution < -0.4 is 9.46 Å². The second-order valence-electron chi connectivity index (χ2n) is 4.67. The van der Waals surface area contributed by atoms with Crippen LogP contribution in [-0.2, 0) is 21.2 Å². The van der Waals surface area contributed by atoms with Crippen molar-refractivity contribution in [3.05, 3.63) is 53.1 Å². The topological polar surface area (TPSA) is 92.7 Å². The Morgan fingerprint density at radius 3 is 2.61 bits per heavy atom. The van der Waals surface area contributed by atoms with Crippen molar-refractivity contribution < 1.29 is 23.1 Å². The highest BCUT2D eigenvalue weighted by atomic mass is 35.5. The zero-order valence-electron chi connectivity index (χ0n) is 12.1. The molecular formula is C15H14ClNO5S. The average molecular weight is 356 g/mol. The van der Waals surface area contributed by atoms with Gasteiger partial charge in [-0.3, -0.25) is 9.52 Å². The predicted octanol–water partition coefficient (Wildman–Crippen LogP) is 2.78. The minimum Gasteiger partial charge on any atom is -0.495 e. The molecule has 2 aromatic rings. The van der Waals surface area contributed by atoms with Gasteiger partial charge in [0.25, 0.3) is 10.0 Å². The number of rotatable bonds is 6. The first-order valence-corrected chi connectivity index (χ1v) is 8.35. The molecule has 0 fully saturated rings. The van der Waals surface area contributed by atoms with E-state index in [9.17, 15) is 13.2 Å². The van der Waals surface area contributed by atoms with Crippen molar-refractivity contribution in [3.8, 4) is 5.75 Å². The zero-order valence-corrected chi connectivity index (χ0v) is 13.7. The molecule has 2 rings (SSSR count). The molecule has 0 heterocycles. The highest BCUT2D eigenvalue weighted by Crippen LogP contribution is 2.27. The maximum atomic E-state index is 12.5. The summed E-state index contributed by atoms with van der Waals surface area (Å²) in [5.41, 5.74) is 0.646. The molecule has 0 saturated carbocycles. The first kappa shape index (κ1) is 17.1. The molecule has 122 valence electrons. The van der Waals surface area contributed by atoms with E-state index in [0.29, 0.717) is 16.3 Å². The summed E-state index contributed by atoms with van der Waals surface area (Å²) >= 11 is 5.84. The number of benzene rings is 2. The van der Waals surface area contributed by atoms with Crippen molar-refractivity contribution in [2.24, 2.45) is 0 Å². The van der Waals surface area contributed by atoms with Crippen molar-refractivity contribution in [2.75, 3.05) is 11.8 Å². The molecule has 0 bridgehead atoms. The molecule has 0 aliphatic rings. The molecule has 2 N–H and O–H groups in total. The Balaban J connectivity index is 2.42. The fourth-order valence-corrected chi connectivity index (χ4v) is 3.44. The fraction of sp³-hybridized carbons (Fsp3) is 0.133. The molecule has 0 aromatic heterocycles. The highest BCUT2D eigenvalue weighted by molar-refractivity contribution is 7.92. The lowest BCUT2D eigenvalue weighted by atomic mass is 10.1. The van der Waals surface area contributed by atoms with Crippen molar-refractivity contribution in [1.82, 2.24) is 0 Å². The summed E-state index contributed by atoms with van der Waals surface area (Å²) in [5.74, 6) is -0.935. The minimum absolute atomic E-state index is 0.119. The van der Waals surface area contributed by atoms with Crippen LogP contribution in [0.5, 0.6) is 5.75 Å². The minimum atomic E-state index is -3.96. The lowest BCUT2D eigenvalue weighted by Gasteiger charge is -2.13. The Morgan fingerprint density at radius 1 is 1.26 bits per heavy atom. The third-order valence-corrected chi connectivity index (χ3v) is 4.59. The molecular weight excluding hydrogens is 342 g/mol. The van der Waals surface area contributed by atoms with Crippen LogP contribution in [0.1, 0.15) is 5.56 Å². The van der Waals surface area contributed by atoms with Gasteiger partial charge >= 0.3 is 5.97 Å². The van der Waals surface area contributed by atoms with Gasteiger partial charge in [0, 0.05) is 5.02 Å². The van der Waals surface area contributed by atoms with E-state index < -0.39 is 16.0 Å². The van der Waals surface area contributed by atoms with Gasteiger partial charge in [-0.1, -0.05) is 23.7 Å². The van der Waals surface area contributed by atoms with Gasteiger partial charge in [0.2, 0.25) is 0 Å². The molecule has 0 aliphatic heterocycles. The lowest BCUT2D eigenvalue weighted by Crippen LogP contribution is -2.15. The third-order valence-electron chi connectivity index (χ3n) is 2.95. The van der Waals surface area contributed by atoms with Crippen molar-refractivity contribution in [2.45, 2.75) is 11.3 Å². The van der Waals surface area contributed by atoms with E-state index in [1.54, 1.807) is 18.2 Å². The molecule has 8 heteroatoms. The summed E-state index contributed by atoms with van der Waals surface area (Å²) in [7, 11) is -2.62. The van der Waals surface area contributed by atoms with Crippen LogP contribution >= 0.6 is 11.6 Å². The number of ether oxygens (including phenoxy) is 1. The van der Waals surface area contributed by atoms with E-state index in [4.69, 9.17) is 21.4 Å². The Labute approximate surface area is 138 Å². The fourth-order valence-electron chi connectivity index (χ4n) is 1.98. The molecule has 23 heavy (non-hydrogen) atoms. The van der Waals surface area contributed by atoms with Crippen LogP contribution in [-0.4, -0.2) is 26.6 Å². The number of anilines is 1. The van der Waals surface area contributed by atoms with Crippen molar-refractivity contribution in [1.29, 1.82) is 0 Å². The summed E-state index contributed by atoms with van der Waals surface area (Å²) in [4.78, 5) is 10.7. The predicted molar refractivity (Wildman–Crippen MR) is 86.6 cm³/mol. The van der Waals surface area contributed by atoms with Crippen LogP contribution in [0.2, 0.25) is 5.02 Å². The van der Waals surface area contributed by atoms with E-state index in [1.165, 1.54) is 31.4 Å². The van der Waals surface area contributed by atoms with Gasteiger partial charge in [-0.25, -0.2) is 8.42 Å². The van der Waals surface area contributed by atoms with E-state index in [1.807, 2.05) is 0 Å². The van der Waals surface area contributed by atoms with Gasteiger partial charge in [-0.15, -0.1) is 0 Å². The molecule has 6 nitrogen and oxygen atoms in total. The molecule has 0 amide bonds. The summed E-state index contributed by atoms with van der Waals surface area (Å²) < 4.78 is 32.5. The molecule has 2 aromatic carbocycles. The number of hydrogen-bond donors (Lipinski definition) is 2. The number of nitrogens with one attached hydrogen (secondary N) is 1. The van der Waals surface area contributed by atoms with E-state index >= 15 is 0 Å². The number of methoxy groups -OCH3 is 1. The zero-order chi connectivity index (χ0) is 17.0. The Morgan fingerprint density at radius 2 is 2.00 bits per heavy atom. The average Bonchev–Trinajstić information content (AvgIpc) is 2.46. The number of aliphatic carboxylic acids is 1. The van der Waals surface area contributed by atoms with Crippen LogP contribution in [0.15, 0.2) is 47.4 Å². The molecule has 0 atom stereocenters. The van der Waals surface area contributed by atoms with Crippen LogP contribution in [0.4, 0.5) is 5.69 Å². The van der Waals surface area contributed by atoms with Gasteiger partial charge in [0.1, 0.15) is 10.6 Å². The van der Waals surface area contributed by atoms with Crippen LogP contribution in [0.3, 0.4) is 0 Å². The lowest BCUT2D eigenvalue weighted by molar-refractivity contribution is -0.136. The number of carboxylic acid groups (broad SMARTS) is 1. The second kappa shape index (κ2) is 6.89. The monoisotopic (exact) mass is 355 g/mol. The van der Waals surface area contributed by atoms with Crippen LogP contribution in [0.25, 0.3) is 0 Å².